The van der Waals surface area contributed by atoms with E-state index in [2.05, 4.69) is 32.4 Å². The summed E-state index contributed by atoms with van der Waals surface area (Å²) in [7, 11) is 0. The molecule has 2 heterocycles. The van der Waals surface area contributed by atoms with Crippen molar-refractivity contribution in [3.05, 3.63) is 16.1 Å². The van der Waals surface area contributed by atoms with Crippen molar-refractivity contribution >= 4 is 17.2 Å². The minimum Gasteiger partial charge on any atom is -0.355 e. The number of carbonyl (C=O) groups excluding carboxylic acids is 1. The molecule has 20 heavy (non-hydrogen) atoms. The van der Waals surface area contributed by atoms with Gasteiger partial charge in [0.05, 0.1) is 17.2 Å². The summed E-state index contributed by atoms with van der Waals surface area (Å²) in [5.74, 6) is 0.132. The lowest BCUT2D eigenvalue weighted by atomic mass is 10.3. The van der Waals surface area contributed by atoms with Gasteiger partial charge >= 0.3 is 0 Å². The molecule has 1 aromatic rings. The zero-order chi connectivity index (χ0) is 14.4. The van der Waals surface area contributed by atoms with Crippen LogP contribution < -0.4 is 5.32 Å². The van der Waals surface area contributed by atoms with E-state index in [1.807, 2.05) is 6.92 Å². The smallest absolute Gasteiger partial charge is 0.234 e. The number of hydrogen-bond donors (Lipinski definition) is 1. The Kier molecular flexibility index (Phi) is 5.94. The summed E-state index contributed by atoms with van der Waals surface area (Å²) < 4.78 is 0. The molecule has 0 atom stereocenters. The van der Waals surface area contributed by atoms with Crippen LogP contribution in [-0.4, -0.2) is 60.0 Å². The van der Waals surface area contributed by atoms with Gasteiger partial charge < -0.3 is 5.32 Å². The molecular formula is C14H24N4OS. The van der Waals surface area contributed by atoms with Gasteiger partial charge in [0.2, 0.25) is 5.91 Å². The first-order valence-corrected chi connectivity index (χ1v) is 8.24. The Morgan fingerprint density at radius 2 is 2.00 bits per heavy atom. The Morgan fingerprint density at radius 1 is 1.30 bits per heavy atom. The Labute approximate surface area is 125 Å². The monoisotopic (exact) mass is 296 g/mol. The number of likely N-dealkylation sites (N-methyl/N-ethyl adjacent to an activating group) is 1. The lowest BCUT2D eigenvalue weighted by Crippen LogP contribution is -2.49. The number of nitrogens with zero attached hydrogens (tertiary/aromatic N) is 3. The molecule has 112 valence electrons. The minimum atomic E-state index is 0.132. The summed E-state index contributed by atoms with van der Waals surface area (Å²) in [5, 5.41) is 6.23. The Bertz CT molecular complexity index is 427. The van der Waals surface area contributed by atoms with E-state index in [-0.39, 0.29) is 5.91 Å². The van der Waals surface area contributed by atoms with Gasteiger partial charge in [0.1, 0.15) is 0 Å². The standard InChI is InChI=1S/C14H24N4OS/c1-3-14-16-12(11-20-14)9-17-5-7-18(8-6-17)10-13(19)15-4-2/h11H,3-10H2,1-2H3,(H,15,19). The maximum Gasteiger partial charge on any atom is 0.234 e. The molecule has 0 bridgehead atoms. The van der Waals surface area contributed by atoms with Gasteiger partial charge in [-0.2, -0.15) is 0 Å². The largest absolute Gasteiger partial charge is 0.355 e. The van der Waals surface area contributed by atoms with Crippen LogP contribution in [0.1, 0.15) is 24.5 Å². The highest BCUT2D eigenvalue weighted by Gasteiger charge is 2.19. The van der Waals surface area contributed by atoms with Crippen LogP contribution in [0.5, 0.6) is 0 Å². The van der Waals surface area contributed by atoms with Crippen LogP contribution in [0.25, 0.3) is 0 Å². The maximum absolute atomic E-state index is 11.5. The van der Waals surface area contributed by atoms with Crippen LogP contribution in [0.15, 0.2) is 5.38 Å². The predicted octanol–water partition coefficient (Wildman–Crippen LogP) is 0.959. The Hall–Kier alpha value is -0.980. The highest BCUT2D eigenvalue weighted by Crippen LogP contribution is 2.13. The summed E-state index contributed by atoms with van der Waals surface area (Å²) in [4.78, 5) is 20.8. The van der Waals surface area contributed by atoms with Crippen LogP contribution in [0.4, 0.5) is 0 Å². The first-order chi connectivity index (χ1) is 9.71. The molecule has 1 N–H and O–H groups in total. The van der Waals surface area contributed by atoms with Gasteiger partial charge in [0.25, 0.3) is 0 Å². The molecule has 5 nitrogen and oxygen atoms in total. The molecular weight excluding hydrogens is 272 g/mol. The summed E-state index contributed by atoms with van der Waals surface area (Å²) in [6.45, 7) is 10.2. The molecule has 0 radical (unpaired) electrons. The number of piperazine rings is 1. The molecule has 1 fully saturated rings. The van der Waals surface area contributed by atoms with E-state index in [0.717, 1.165) is 39.1 Å². The van der Waals surface area contributed by atoms with Crippen molar-refractivity contribution < 1.29 is 4.79 Å². The third-order valence-electron chi connectivity index (χ3n) is 3.49. The zero-order valence-electron chi connectivity index (χ0n) is 12.4. The second-order valence-electron chi connectivity index (χ2n) is 5.09. The molecule has 6 heteroatoms. The SMILES string of the molecule is CCNC(=O)CN1CCN(Cc2csc(CC)n2)CC1. The van der Waals surface area contributed by atoms with Gasteiger partial charge in [-0.25, -0.2) is 4.98 Å². The topological polar surface area (TPSA) is 48.5 Å². The van der Waals surface area contributed by atoms with Crippen LogP contribution in [0.3, 0.4) is 0 Å². The Balaban J connectivity index is 1.72. The quantitative estimate of drug-likeness (QED) is 0.849. The molecule has 1 aromatic heterocycles. The first kappa shape index (κ1) is 15.4. The van der Waals surface area contributed by atoms with Crippen LogP contribution in [-0.2, 0) is 17.8 Å². The third-order valence-corrected chi connectivity index (χ3v) is 4.54. The predicted molar refractivity (Wildman–Crippen MR) is 81.9 cm³/mol. The van der Waals surface area contributed by atoms with Crippen molar-refractivity contribution in [2.24, 2.45) is 0 Å². The van der Waals surface area contributed by atoms with Gasteiger partial charge in [-0.15, -0.1) is 11.3 Å². The van der Waals surface area contributed by atoms with Crippen molar-refractivity contribution in [3.8, 4) is 0 Å². The molecule has 0 unspecified atom stereocenters. The summed E-state index contributed by atoms with van der Waals surface area (Å²) >= 11 is 1.75. The maximum atomic E-state index is 11.5. The highest BCUT2D eigenvalue weighted by molar-refractivity contribution is 7.09. The minimum absolute atomic E-state index is 0.132. The average Bonchev–Trinajstić information content (AvgIpc) is 2.89. The Morgan fingerprint density at radius 3 is 2.60 bits per heavy atom. The van der Waals surface area contributed by atoms with Crippen LogP contribution in [0.2, 0.25) is 0 Å². The van der Waals surface area contributed by atoms with E-state index in [1.165, 1.54) is 10.7 Å². The lowest BCUT2D eigenvalue weighted by molar-refractivity contribution is -0.122. The van der Waals surface area contributed by atoms with Crippen molar-refractivity contribution in [2.75, 3.05) is 39.3 Å². The average molecular weight is 296 g/mol. The number of aromatic nitrogens is 1. The van der Waals surface area contributed by atoms with E-state index >= 15 is 0 Å². The molecule has 0 saturated carbocycles. The summed E-state index contributed by atoms with van der Waals surface area (Å²) in [6.07, 6.45) is 1.02. The number of amides is 1. The second kappa shape index (κ2) is 7.71. The van der Waals surface area contributed by atoms with Crippen molar-refractivity contribution in [2.45, 2.75) is 26.8 Å². The highest BCUT2D eigenvalue weighted by atomic mass is 32.1. The number of thiazole rings is 1. The van der Waals surface area contributed by atoms with E-state index in [1.54, 1.807) is 11.3 Å². The summed E-state index contributed by atoms with van der Waals surface area (Å²) in [6, 6.07) is 0. The number of carbonyl (C=O) groups is 1. The lowest BCUT2D eigenvalue weighted by Gasteiger charge is -2.33. The van der Waals surface area contributed by atoms with Gasteiger partial charge in [0, 0.05) is 44.6 Å². The number of nitrogens with one attached hydrogen (secondary N) is 1. The number of hydrogen-bond acceptors (Lipinski definition) is 5. The van der Waals surface area contributed by atoms with Crippen molar-refractivity contribution in [3.63, 3.8) is 0 Å². The first-order valence-electron chi connectivity index (χ1n) is 7.36. The van der Waals surface area contributed by atoms with Gasteiger partial charge in [-0.3, -0.25) is 14.6 Å². The van der Waals surface area contributed by atoms with Crippen molar-refractivity contribution in [1.82, 2.24) is 20.1 Å². The number of aryl methyl sites for hydroxylation is 1. The fourth-order valence-electron chi connectivity index (χ4n) is 2.37. The van der Waals surface area contributed by atoms with E-state index < -0.39 is 0 Å². The molecule has 1 amide bonds. The molecule has 0 spiro atoms. The van der Waals surface area contributed by atoms with Crippen LogP contribution >= 0.6 is 11.3 Å². The fourth-order valence-corrected chi connectivity index (χ4v) is 3.11. The normalized spacial score (nSPS) is 17.3. The molecule has 1 aliphatic heterocycles. The van der Waals surface area contributed by atoms with Gasteiger partial charge in [0.15, 0.2) is 0 Å². The second-order valence-corrected chi connectivity index (χ2v) is 6.03. The van der Waals surface area contributed by atoms with E-state index in [4.69, 9.17) is 0 Å². The third kappa shape index (κ3) is 4.54. The molecule has 1 aliphatic rings. The van der Waals surface area contributed by atoms with Gasteiger partial charge in [-0.1, -0.05) is 6.92 Å². The number of rotatable bonds is 6. The van der Waals surface area contributed by atoms with Crippen LogP contribution in [0, 0.1) is 0 Å². The van der Waals surface area contributed by atoms with E-state index in [0.29, 0.717) is 13.1 Å². The molecule has 0 aliphatic carbocycles. The molecule has 1 saturated heterocycles. The molecule has 2 rings (SSSR count). The molecule has 0 aromatic carbocycles. The summed E-state index contributed by atoms with van der Waals surface area (Å²) in [5.41, 5.74) is 1.18. The van der Waals surface area contributed by atoms with E-state index in [9.17, 15) is 4.79 Å². The van der Waals surface area contributed by atoms with Crippen molar-refractivity contribution in [1.29, 1.82) is 0 Å². The van der Waals surface area contributed by atoms with Gasteiger partial charge in [-0.05, 0) is 13.3 Å². The fraction of sp³-hybridized carbons (Fsp3) is 0.714. The zero-order valence-corrected chi connectivity index (χ0v) is 13.2.